The Balaban J connectivity index is 2.21. The molecule has 0 atom stereocenters. The van der Waals surface area contributed by atoms with Crippen molar-refractivity contribution in [1.82, 2.24) is 0 Å². The molecule has 0 saturated carbocycles. The van der Waals surface area contributed by atoms with E-state index in [1.807, 2.05) is 26.0 Å². The summed E-state index contributed by atoms with van der Waals surface area (Å²) in [6.07, 6.45) is 0. The lowest BCUT2D eigenvalue weighted by Gasteiger charge is -2.14. The number of anilines is 1. The second-order valence-electron chi connectivity index (χ2n) is 5.35. The number of rotatable bonds is 3. The number of aromatic hydroxyl groups is 1. The molecule has 2 aromatic carbocycles. The van der Waals surface area contributed by atoms with Crippen molar-refractivity contribution < 1.29 is 5.11 Å². The highest BCUT2D eigenvalue weighted by atomic mass is 79.9. The van der Waals surface area contributed by atoms with E-state index < -0.39 is 0 Å². The summed E-state index contributed by atoms with van der Waals surface area (Å²) in [6.45, 7) is 8.83. The Hall–Kier alpha value is -1.48. The van der Waals surface area contributed by atoms with E-state index in [1.165, 1.54) is 22.4 Å². The molecule has 0 amide bonds. The summed E-state index contributed by atoms with van der Waals surface area (Å²) in [6, 6.07) is 8.28. The van der Waals surface area contributed by atoms with Crippen molar-refractivity contribution in [2.75, 3.05) is 5.32 Å². The van der Waals surface area contributed by atoms with Gasteiger partial charge in [0, 0.05) is 16.7 Å². The van der Waals surface area contributed by atoms with Crippen molar-refractivity contribution in [2.24, 2.45) is 0 Å². The first-order valence-corrected chi connectivity index (χ1v) is 7.47. The lowest BCUT2D eigenvalue weighted by Crippen LogP contribution is -2.03. The fraction of sp³-hybridized carbons (Fsp3) is 0.294. The van der Waals surface area contributed by atoms with Crippen LogP contribution in [0.5, 0.6) is 5.75 Å². The van der Waals surface area contributed by atoms with E-state index in [0.717, 1.165) is 22.1 Å². The predicted octanol–water partition coefficient (Wildman–Crippen LogP) is 5.00. The van der Waals surface area contributed by atoms with Crippen LogP contribution in [0.25, 0.3) is 0 Å². The molecule has 0 unspecified atom stereocenters. The van der Waals surface area contributed by atoms with E-state index in [9.17, 15) is 5.11 Å². The van der Waals surface area contributed by atoms with E-state index in [4.69, 9.17) is 0 Å². The number of nitrogens with one attached hydrogen (secondary N) is 1. The summed E-state index contributed by atoms with van der Waals surface area (Å²) >= 11 is 3.51. The summed E-state index contributed by atoms with van der Waals surface area (Å²) in [4.78, 5) is 0. The molecule has 0 spiro atoms. The highest BCUT2D eigenvalue weighted by molar-refractivity contribution is 9.10. The topological polar surface area (TPSA) is 32.3 Å². The molecule has 2 N–H and O–H groups in total. The number of halogens is 1. The molecule has 20 heavy (non-hydrogen) atoms. The number of aryl methyl sites for hydroxylation is 4. The zero-order valence-electron chi connectivity index (χ0n) is 12.3. The van der Waals surface area contributed by atoms with Gasteiger partial charge < -0.3 is 10.4 Å². The molecule has 0 aromatic heterocycles. The second kappa shape index (κ2) is 5.88. The van der Waals surface area contributed by atoms with Gasteiger partial charge in [-0.15, -0.1) is 0 Å². The summed E-state index contributed by atoms with van der Waals surface area (Å²) < 4.78 is 1.11. The molecule has 106 valence electrons. The number of benzene rings is 2. The quantitative estimate of drug-likeness (QED) is 0.828. The smallest absolute Gasteiger partial charge is 0.121 e. The zero-order valence-corrected chi connectivity index (χ0v) is 13.9. The van der Waals surface area contributed by atoms with Crippen molar-refractivity contribution in [3.8, 4) is 5.75 Å². The summed E-state index contributed by atoms with van der Waals surface area (Å²) in [7, 11) is 0. The standard InChI is InChI=1S/C17H20BrNO/c1-10-7-15(18)8-11(2)16(10)19-9-14-5-12(3)17(20)13(4)6-14/h5-8,19-20H,9H2,1-4H3. The van der Waals surface area contributed by atoms with E-state index >= 15 is 0 Å². The first-order chi connectivity index (χ1) is 9.38. The van der Waals surface area contributed by atoms with Crippen LogP contribution in [0.1, 0.15) is 27.8 Å². The van der Waals surface area contributed by atoms with Crippen LogP contribution in [0.15, 0.2) is 28.7 Å². The van der Waals surface area contributed by atoms with Gasteiger partial charge in [-0.2, -0.15) is 0 Å². The van der Waals surface area contributed by atoms with Gasteiger partial charge >= 0.3 is 0 Å². The third kappa shape index (κ3) is 3.15. The molecule has 2 aromatic rings. The maximum absolute atomic E-state index is 9.81. The monoisotopic (exact) mass is 333 g/mol. The third-order valence-corrected chi connectivity index (χ3v) is 3.98. The van der Waals surface area contributed by atoms with Gasteiger partial charge in [-0.3, -0.25) is 0 Å². The Morgan fingerprint density at radius 2 is 1.40 bits per heavy atom. The van der Waals surface area contributed by atoms with Crippen molar-refractivity contribution in [1.29, 1.82) is 0 Å². The van der Waals surface area contributed by atoms with Gasteiger partial charge in [0.25, 0.3) is 0 Å². The Morgan fingerprint density at radius 1 is 0.900 bits per heavy atom. The minimum Gasteiger partial charge on any atom is -0.507 e. The van der Waals surface area contributed by atoms with E-state index in [2.05, 4.69) is 47.2 Å². The van der Waals surface area contributed by atoms with Crippen LogP contribution in [0, 0.1) is 27.7 Å². The Labute approximate surface area is 129 Å². The van der Waals surface area contributed by atoms with Crippen LogP contribution in [-0.2, 0) is 6.54 Å². The van der Waals surface area contributed by atoms with Gasteiger partial charge in [0.05, 0.1) is 0 Å². The number of phenolic OH excluding ortho intramolecular Hbond substituents is 1. The summed E-state index contributed by atoms with van der Waals surface area (Å²) in [5.41, 5.74) is 6.65. The average molecular weight is 334 g/mol. The molecular formula is C17H20BrNO. The van der Waals surface area contributed by atoms with Crippen LogP contribution in [0.2, 0.25) is 0 Å². The molecule has 0 heterocycles. The van der Waals surface area contributed by atoms with Crippen molar-refractivity contribution in [2.45, 2.75) is 34.2 Å². The summed E-state index contributed by atoms with van der Waals surface area (Å²) in [5, 5.41) is 13.3. The molecule has 0 aliphatic rings. The van der Waals surface area contributed by atoms with Crippen LogP contribution < -0.4 is 5.32 Å². The highest BCUT2D eigenvalue weighted by Crippen LogP contribution is 2.27. The molecule has 0 saturated heterocycles. The molecule has 0 aliphatic heterocycles. The first kappa shape index (κ1) is 14.9. The molecule has 2 rings (SSSR count). The van der Waals surface area contributed by atoms with Crippen molar-refractivity contribution >= 4 is 21.6 Å². The minimum atomic E-state index is 0.393. The van der Waals surface area contributed by atoms with E-state index in [-0.39, 0.29) is 0 Å². The lowest BCUT2D eigenvalue weighted by atomic mass is 10.0. The molecule has 3 heteroatoms. The number of hydrogen-bond acceptors (Lipinski definition) is 2. The molecule has 0 bridgehead atoms. The number of hydrogen-bond donors (Lipinski definition) is 2. The van der Waals surface area contributed by atoms with Crippen LogP contribution in [0.4, 0.5) is 5.69 Å². The molecule has 2 nitrogen and oxygen atoms in total. The zero-order chi connectivity index (χ0) is 14.9. The van der Waals surface area contributed by atoms with Gasteiger partial charge in [0.1, 0.15) is 5.75 Å². The molecule has 0 aliphatic carbocycles. The fourth-order valence-electron chi connectivity index (χ4n) is 2.53. The third-order valence-electron chi connectivity index (χ3n) is 3.52. The molecule has 0 radical (unpaired) electrons. The van der Waals surface area contributed by atoms with Gasteiger partial charge in [-0.25, -0.2) is 0 Å². The fourth-order valence-corrected chi connectivity index (χ4v) is 3.21. The Morgan fingerprint density at radius 3 is 1.90 bits per heavy atom. The summed E-state index contributed by atoms with van der Waals surface area (Å²) in [5.74, 6) is 0.393. The minimum absolute atomic E-state index is 0.393. The van der Waals surface area contributed by atoms with Crippen LogP contribution >= 0.6 is 15.9 Å². The van der Waals surface area contributed by atoms with Crippen LogP contribution in [0.3, 0.4) is 0 Å². The van der Waals surface area contributed by atoms with E-state index in [1.54, 1.807) is 0 Å². The largest absolute Gasteiger partial charge is 0.507 e. The lowest BCUT2D eigenvalue weighted by molar-refractivity contribution is 0.466. The molecular weight excluding hydrogens is 314 g/mol. The van der Waals surface area contributed by atoms with Crippen molar-refractivity contribution in [3.63, 3.8) is 0 Å². The first-order valence-electron chi connectivity index (χ1n) is 6.68. The van der Waals surface area contributed by atoms with Crippen molar-refractivity contribution in [3.05, 3.63) is 56.6 Å². The number of phenols is 1. The SMILES string of the molecule is Cc1cc(CNc2c(C)cc(Br)cc2C)cc(C)c1O. The van der Waals surface area contributed by atoms with Gasteiger partial charge in [0.15, 0.2) is 0 Å². The maximum Gasteiger partial charge on any atom is 0.121 e. The Bertz CT molecular complexity index is 603. The van der Waals surface area contributed by atoms with E-state index in [0.29, 0.717) is 5.75 Å². The van der Waals surface area contributed by atoms with Gasteiger partial charge in [-0.05, 0) is 67.6 Å². The molecule has 0 fully saturated rings. The van der Waals surface area contributed by atoms with Crippen LogP contribution in [-0.4, -0.2) is 5.11 Å². The van der Waals surface area contributed by atoms with Gasteiger partial charge in [0.2, 0.25) is 0 Å². The second-order valence-corrected chi connectivity index (χ2v) is 6.26. The highest BCUT2D eigenvalue weighted by Gasteiger charge is 2.06. The normalized spacial score (nSPS) is 10.7. The average Bonchev–Trinajstić information content (AvgIpc) is 2.34. The maximum atomic E-state index is 9.81. The predicted molar refractivity (Wildman–Crippen MR) is 88.5 cm³/mol. The van der Waals surface area contributed by atoms with Gasteiger partial charge in [-0.1, -0.05) is 28.1 Å². The Kier molecular flexibility index (Phi) is 4.39.